The molecule has 0 aliphatic heterocycles. The number of ether oxygens (including phenoxy) is 2. The van der Waals surface area contributed by atoms with Gasteiger partial charge in [-0.15, -0.1) is 0 Å². The average molecular weight is 922 g/mol. The molecule has 0 aromatic heterocycles. The van der Waals surface area contributed by atoms with E-state index in [2.05, 4.69) is 34.3 Å². The van der Waals surface area contributed by atoms with Gasteiger partial charge in [-0.25, -0.2) is 16.8 Å². The lowest BCUT2D eigenvalue weighted by molar-refractivity contribution is 0.482. The fourth-order valence-corrected chi connectivity index (χ4v) is 9.25. The molecular weight excluding hydrogens is 884 g/mol. The second-order valence-electron chi connectivity index (χ2n) is 14.5. The molecule has 318 valence electrons. The normalized spacial score (nSPS) is 11.8. The van der Waals surface area contributed by atoms with Crippen LogP contribution in [0.5, 0.6) is 23.0 Å². The molecule has 0 N–H and O–H groups in total. The number of hydrogen-bond acceptors (Lipinski definition) is 8. The quantitative estimate of drug-likeness (QED) is 0.0947. The molecule has 0 fully saturated rings. The van der Waals surface area contributed by atoms with Gasteiger partial charge in [-0.3, -0.25) is 9.98 Å². The van der Waals surface area contributed by atoms with Gasteiger partial charge in [-0.2, -0.15) is 0 Å². The maximum atomic E-state index is 12.9. The van der Waals surface area contributed by atoms with Crippen LogP contribution in [0.1, 0.15) is 22.3 Å². The fraction of sp³-hybridized carbons (Fsp3) is 0.0385. The van der Waals surface area contributed by atoms with Crippen molar-refractivity contribution in [3.8, 4) is 23.0 Å². The van der Waals surface area contributed by atoms with E-state index in [0.717, 1.165) is 35.3 Å². The first-order valence-corrected chi connectivity index (χ1v) is 23.7. The van der Waals surface area contributed by atoms with Crippen LogP contribution in [0.15, 0.2) is 224 Å². The molecule has 12 heteroatoms. The molecule has 0 saturated carbocycles. The van der Waals surface area contributed by atoms with Gasteiger partial charge in [0.2, 0.25) is 19.7 Å². The number of nitrogens with zero attached hydrogens (tertiary/aromatic N) is 2. The Bertz CT molecular complexity index is 2910. The standard InChI is InChI=1S/C52H38Cl2N2O6S2/c53-41-11-27-49(28-12-41)63(57,58)51-31-23-47(24-32-51)61-45-19-7-39(8-20-45)35-55-43-15-3-37(4-16-43)1-2-38-5-17-44(18-6-38)56-36-40-9-21-46(22-10-40)62-48-25-33-52(34-26-48)64(59,60)50-29-13-42(54)14-30-50/h3-36H,1-2H2. The van der Waals surface area contributed by atoms with Crippen molar-refractivity contribution in [3.05, 3.63) is 226 Å². The highest BCUT2D eigenvalue weighted by atomic mass is 35.5. The third kappa shape index (κ3) is 11.2. The summed E-state index contributed by atoms with van der Waals surface area (Å²) in [5.74, 6) is 2.26. The van der Waals surface area contributed by atoms with E-state index in [1.165, 1.54) is 59.7 Å². The Hall–Kier alpha value is -6.82. The molecule has 8 rings (SSSR count). The van der Waals surface area contributed by atoms with E-state index in [1.807, 2.05) is 72.8 Å². The SMILES string of the molecule is O=S(=O)(c1ccc(Cl)cc1)c1ccc(Oc2ccc(C=Nc3ccc(CCc4ccc(N=Cc5ccc(Oc6ccc(S(=O)(=O)c7ccc(Cl)cc7)cc6)cc5)cc4)cc3)cc2)cc1. The van der Waals surface area contributed by atoms with E-state index in [-0.39, 0.29) is 19.6 Å². The van der Waals surface area contributed by atoms with E-state index in [4.69, 9.17) is 32.7 Å². The molecule has 8 nitrogen and oxygen atoms in total. The topological polar surface area (TPSA) is 111 Å². The van der Waals surface area contributed by atoms with Crippen LogP contribution in [0.25, 0.3) is 0 Å². The first kappa shape index (κ1) is 43.8. The zero-order valence-electron chi connectivity index (χ0n) is 34.0. The molecule has 0 heterocycles. The molecule has 0 radical (unpaired) electrons. The highest BCUT2D eigenvalue weighted by Gasteiger charge is 2.19. The first-order chi connectivity index (χ1) is 31.0. The van der Waals surface area contributed by atoms with E-state index < -0.39 is 19.7 Å². The van der Waals surface area contributed by atoms with Crippen molar-refractivity contribution in [2.24, 2.45) is 9.98 Å². The lowest BCUT2D eigenvalue weighted by atomic mass is 10.0. The molecule has 0 saturated heterocycles. The number of benzene rings is 8. The molecule has 0 amide bonds. The maximum Gasteiger partial charge on any atom is 0.206 e. The van der Waals surface area contributed by atoms with Gasteiger partial charge in [-0.1, -0.05) is 47.5 Å². The Morgan fingerprint density at radius 3 is 0.922 bits per heavy atom. The van der Waals surface area contributed by atoms with Gasteiger partial charge in [-0.05, 0) is 205 Å². The zero-order valence-corrected chi connectivity index (χ0v) is 37.1. The summed E-state index contributed by atoms with van der Waals surface area (Å²) in [6.45, 7) is 0. The second-order valence-corrected chi connectivity index (χ2v) is 19.3. The molecule has 8 aromatic carbocycles. The minimum atomic E-state index is -3.67. The van der Waals surface area contributed by atoms with Crippen LogP contribution < -0.4 is 9.47 Å². The van der Waals surface area contributed by atoms with E-state index >= 15 is 0 Å². The number of rotatable bonds is 15. The van der Waals surface area contributed by atoms with Crippen molar-refractivity contribution in [2.45, 2.75) is 32.4 Å². The summed E-state index contributed by atoms with van der Waals surface area (Å²) in [6.07, 6.45) is 5.37. The highest BCUT2D eigenvalue weighted by molar-refractivity contribution is 7.91. The molecule has 0 aliphatic carbocycles. The largest absolute Gasteiger partial charge is 0.457 e. The number of sulfone groups is 2. The van der Waals surface area contributed by atoms with Crippen molar-refractivity contribution in [2.75, 3.05) is 0 Å². The van der Waals surface area contributed by atoms with E-state index in [9.17, 15) is 16.8 Å². The van der Waals surface area contributed by atoms with Crippen LogP contribution >= 0.6 is 23.2 Å². The summed E-state index contributed by atoms with van der Waals surface area (Å²) in [7, 11) is -7.33. The molecule has 0 atom stereocenters. The van der Waals surface area contributed by atoms with Crippen LogP contribution in [0.2, 0.25) is 10.0 Å². The maximum absolute atomic E-state index is 12.9. The van der Waals surface area contributed by atoms with Crippen molar-refractivity contribution >= 4 is 66.7 Å². The van der Waals surface area contributed by atoms with Crippen molar-refractivity contribution in [3.63, 3.8) is 0 Å². The predicted octanol–water partition coefficient (Wildman–Crippen LogP) is 13.5. The number of aliphatic imine (C=N–C) groups is 2. The van der Waals surface area contributed by atoms with Crippen molar-refractivity contribution < 1.29 is 26.3 Å². The van der Waals surface area contributed by atoms with Gasteiger partial charge in [0.25, 0.3) is 0 Å². The lowest BCUT2D eigenvalue weighted by Gasteiger charge is -2.08. The molecule has 0 aliphatic rings. The summed E-state index contributed by atoms with van der Waals surface area (Å²) < 4.78 is 63.6. The zero-order chi connectivity index (χ0) is 44.5. The molecule has 0 bridgehead atoms. The first-order valence-electron chi connectivity index (χ1n) is 20.0. The monoisotopic (exact) mass is 920 g/mol. The minimum absolute atomic E-state index is 0.168. The summed E-state index contributed by atoms with van der Waals surface area (Å²) in [4.78, 5) is 9.95. The number of halogens is 2. The van der Waals surface area contributed by atoms with Crippen LogP contribution in [-0.2, 0) is 32.5 Å². The summed E-state index contributed by atoms with van der Waals surface area (Å²) in [5, 5.41) is 0.941. The molecular formula is C52H38Cl2N2O6S2. The highest BCUT2D eigenvalue weighted by Crippen LogP contribution is 2.29. The van der Waals surface area contributed by atoms with Crippen molar-refractivity contribution in [1.29, 1.82) is 0 Å². The van der Waals surface area contributed by atoms with Gasteiger partial charge in [0, 0.05) is 22.5 Å². The van der Waals surface area contributed by atoms with Gasteiger partial charge < -0.3 is 9.47 Å². The second kappa shape index (κ2) is 19.7. The Balaban J connectivity index is 0.772. The summed E-state index contributed by atoms with van der Waals surface area (Å²) in [6, 6.07) is 56.2. The van der Waals surface area contributed by atoms with Gasteiger partial charge in [0.15, 0.2) is 0 Å². The Kier molecular flexibility index (Phi) is 13.5. The fourth-order valence-electron chi connectivity index (χ4n) is 6.47. The van der Waals surface area contributed by atoms with Crippen LogP contribution in [0, 0.1) is 0 Å². The van der Waals surface area contributed by atoms with Crippen LogP contribution in [-0.4, -0.2) is 29.3 Å². The Morgan fingerprint density at radius 2 is 0.625 bits per heavy atom. The predicted molar refractivity (Wildman–Crippen MR) is 255 cm³/mol. The Morgan fingerprint density at radius 1 is 0.359 bits per heavy atom. The molecule has 0 spiro atoms. The average Bonchev–Trinajstić information content (AvgIpc) is 3.32. The lowest BCUT2D eigenvalue weighted by Crippen LogP contribution is -2.01. The number of hydrogen-bond donors (Lipinski definition) is 0. The molecule has 0 unspecified atom stereocenters. The molecule has 8 aromatic rings. The Labute approximate surface area is 382 Å². The van der Waals surface area contributed by atoms with Crippen molar-refractivity contribution in [1.82, 2.24) is 0 Å². The van der Waals surface area contributed by atoms with E-state index in [0.29, 0.717) is 33.0 Å². The summed E-state index contributed by atoms with van der Waals surface area (Å²) in [5.41, 5.74) is 5.93. The third-order valence-electron chi connectivity index (χ3n) is 10.0. The summed E-state index contributed by atoms with van der Waals surface area (Å²) >= 11 is 11.8. The number of aryl methyl sites for hydroxylation is 2. The smallest absolute Gasteiger partial charge is 0.206 e. The van der Waals surface area contributed by atoms with Crippen LogP contribution in [0.3, 0.4) is 0 Å². The van der Waals surface area contributed by atoms with Gasteiger partial charge >= 0.3 is 0 Å². The third-order valence-corrected chi connectivity index (χ3v) is 14.1. The van der Waals surface area contributed by atoms with Crippen LogP contribution in [0.4, 0.5) is 11.4 Å². The van der Waals surface area contributed by atoms with E-state index in [1.54, 1.807) is 61.0 Å². The molecule has 64 heavy (non-hydrogen) atoms. The minimum Gasteiger partial charge on any atom is -0.457 e. The van der Waals surface area contributed by atoms with Gasteiger partial charge in [0.1, 0.15) is 23.0 Å². The van der Waals surface area contributed by atoms with Gasteiger partial charge in [0.05, 0.1) is 31.0 Å².